The summed E-state index contributed by atoms with van der Waals surface area (Å²) in [5.41, 5.74) is 4.83. The number of sulfonamides is 1. The molecule has 0 aliphatic rings. The lowest BCUT2D eigenvalue weighted by Gasteiger charge is -2.06. The van der Waals surface area contributed by atoms with Crippen molar-refractivity contribution < 1.29 is 22.3 Å². The summed E-state index contributed by atoms with van der Waals surface area (Å²) in [6, 6.07) is 4.42. The van der Waals surface area contributed by atoms with Gasteiger partial charge in [0.2, 0.25) is 15.9 Å². The van der Waals surface area contributed by atoms with E-state index in [1.807, 2.05) is 0 Å². The zero-order valence-corrected chi connectivity index (χ0v) is 10.2. The van der Waals surface area contributed by atoms with E-state index in [9.17, 15) is 17.6 Å². The molecular formula is C10H13FN2O4S. The summed E-state index contributed by atoms with van der Waals surface area (Å²) < 4.78 is 43.0. The monoisotopic (exact) mass is 276 g/mol. The Hall–Kier alpha value is -1.51. The van der Waals surface area contributed by atoms with Crippen molar-refractivity contribution in [2.24, 2.45) is 5.73 Å². The zero-order chi connectivity index (χ0) is 13.6. The Bertz CT molecular complexity index is 501. The SMILES string of the molecule is NC(=O)COCCNS(=O)(=O)c1ccc(F)cc1. The number of carbonyl (C=O) groups is 1. The maximum Gasteiger partial charge on any atom is 0.243 e. The lowest BCUT2D eigenvalue weighted by molar-refractivity contribution is -0.122. The van der Waals surface area contributed by atoms with Gasteiger partial charge < -0.3 is 10.5 Å². The highest BCUT2D eigenvalue weighted by Crippen LogP contribution is 2.08. The molecule has 0 bridgehead atoms. The van der Waals surface area contributed by atoms with Crippen LogP contribution in [-0.4, -0.2) is 34.1 Å². The maximum atomic E-state index is 12.6. The van der Waals surface area contributed by atoms with E-state index < -0.39 is 21.7 Å². The van der Waals surface area contributed by atoms with E-state index >= 15 is 0 Å². The van der Waals surface area contributed by atoms with Crippen LogP contribution in [0.15, 0.2) is 29.2 Å². The molecule has 8 heteroatoms. The molecule has 1 aromatic carbocycles. The average Bonchev–Trinajstić information content (AvgIpc) is 2.28. The summed E-state index contributed by atoms with van der Waals surface area (Å²) in [5.74, 6) is -1.14. The third-order valence-electron chi connectivity index (χ3n) is 1.91. The van der Waals surface area contributed by atoms with Crippen LogP contribution in [0, 0.1) is 5.82 Å². The first-order valence-electron chi connectivity index (χ1n) is 5.03. The molecule has 1 rings (SSSR count). The molecule has 1 amide bonds. The Morgan fingerprint density at radius 1 is 1.33 bits per heavy atom. The van der Waals surface area contributed by atoms with Crippen LogP contribution in [0.5, 0.6) is 0 Å². The van der Waals surface area contributed by atoms with Gasteiger partial charge in [-0.15, -0.1) is 0 Å². The van der Waals surface area contributed by atoms with Crippen molar-refractivity contribution in [2.75, 3.05) is 19.8 Å². The molecule has 1 aromatic rings. The summed E-state index contributed by atoms with van der Waals surface area (Å²) >= 11 is 0. The molecule has 0 heterocycles. The Morgan fingerprint density at radius 3 is 2.50 bits per heavy atom. The summed E-state index contributed by atoms with van der Waals surface area (Å²) in [6.45, 7) is -0.255. The smallest absolute Gasteiger partial charge is 0.243 e. The molecule has 0 aliphatic heterocycles. The van der Waals surface area contributed by atoms with Crippen molar-refractivity contribution in [2.45, 2.75) is 4.90 Å². The molecule has 0 atom stereocenters. The molecule has 6 nitrogen and oxygen atoms in total. The highest BCUT2D eigenvalue weighted by molar-refractivity contribution is 7.89. The molecule has 18 heavy (non-hydrogen) atoms. The minimum Gasteiger partial charge on any atom is -0.370 e. The molecule has 0 aromatic heterocycles. The standard InChI is InChI=1S/C10H13FN2O4S/c11-8-1-3-9(4-2-8)18(15,16)13-5-6-17-7-10(12)14/h1-4,13H,5-7H2,(H2,12,14). The average molecular weight is 276 g/mol. The quantitative estimate of drug-likeness (QED) is 0.662. The molecule has 0 unspecified atom stereocenters. The Labute approximate surface area is 104 Å². The fraction of sp³-hybridized carbons (Fsp3) is 0.300. The number of carbonyl (C=O) groups excluding carboxylic acids is 1. The maximum absolute atomic E-state index is 12.6. The van der Waals surface area contributed by atoms with Gasteiger partial charge in [0, 0.05) is 6.54 Å². The second-order valence-corrected chi connectivity index (χ2v) is 5.14. The van der Waals surface area contributed by atoms with Crippen LogP contribution >= 0.6 is 0 Å². The number of nitrogens with two attached hydrogens (primary N) is 1. The minimum atomic E-state index is -3.69. The predicted molar refractivity (Wildman–Crippen MR) is 61.6 cm³/mol. The van der Waals surface area contributed by atoms with Crippen molar-refractivity contribution in [3.8, 4) is 0 Å². The zero-order valence-electron chi connectivity index (χ0n) is 9.43. The van der Waals surface area contributed by atoms with Crippen molar-refractivity contribution in [1.29, 1.82) is 0 Å². The molecule has 0 saturated carbocycles. The normalized spacial score (nSPS) is 11.4. The van der Waals surface area contributed by atoms with Gasteiger partial charge in [-0.25, -0.2) is 17.5 Å². The number of halogens is 1. The number of benzene rings is 1. The van der Waals surface area contributed by atoms with E-state index in [-0.39, 0.29) is 24.7 Å². The highest BCUT2D eigenvalue weighted by atomic mass is 32.2. The number of amides is 1. The van der Waals surface area contributed by atoms with Crippen LogP contribution in [-0.2, 0) is 19.6 Å². The van der Waals surface area contributed by atoms with Crippen LogP contribution in [0.3, 0.4) is 0 Å². The van der Waals surface area contributed by atoms with Gasteiger partial charge in [0.25, 0.3) is 0 Å². The van der Waals surface area contributed by atoms with Gasteiger partial charge in [0.05, 0.1) is 11.5 Å². The van der Waals surface area contributed by atoms with Gasteiger partial charge in [-0.3, -0.25) is 4.79 Å². The molecule has 0 spiro atoms. The van der Waals surface area contributed by atoms with Crippen LogP contribution in [0.2, 0.25) is 0 Å². The van der Waals surface area contributed by atoms with Crippen molar-refractivity contribution in [3.63, 3.8) is 0 Å². The number of hydrogen-bond donors (Lipinski definition) is 2. The first kappa shape index (κ1) is 14.6. The van der Waals surface area contributed by atoms with Crippen molar-refractivity contribution in [3.05, 3.63) is 30.1 Å². The number of rotatable bonds is 7. The first-order chi connectivity index (χ1) is 8.42. The van der Waals surface area contributed by atoms with Crippen LogP contribution in [0.4, 0.5) is 4.39 Å². The van der Waals surface area contributed by atoms with Gasteiger partial charge >= 0.3 is 0 Å². The summed E-state index contributed by atoms with van der Waals surface area (Å²) in [7, 11) is -3.69. The van der Waals surface area contributed by atoms with Crippen molar-refractivity contribution in [1.82, 2.24) is 4.72 Å². The second kappa shape index (κ2) is 6.43. The molecular weight excluding hydrogens is 263 g/mol. The van der Waals surface area contributed by atoms with Crippen LogP contribution in [0.1, 0.15) is 0 Å². The van der Waals surface area contributed by atoms with Gasteiger partial charge in [-0.2, -0.15) is 0 Å². The van der Waals surface area contributed by atoms with E-state index in [0.29, 0.717) is 0 Å². The van der Waals surface area contributed by atoms with E-state index in [0.717, 1.165) is 24.3 Å². The topological polar surface area (TPSA) is 98.5 Å². The molecule has 0 fully saturated rings. The van der Waals surface area contributed by atoms with Gasteiger partial charge in [-0.1, -0.05) is 0 Å². The number of hydrogen-bond acceptors (Lipinski definition) is 4. The van der Waals surface area contributed by atoms with Crippen molar-refractivity contribution >= 4 is 15.9 Å². The fourth-order valence-corrected chi connectivity index (χ4v) is 2.13. The third-order valence-corrected chi connectivity index (χ3v) is 3.38. The minimum absolute atomic E-state index is 0.00695. The third kappa shape index (κ3) is 4.78. The number of ether oxygens (including phenoxy) is 1. The highest BCUT2D eigenvalue weighted by Gasteiger charge is 2.12. The second-order valence-electron chi connectivity index (χ2n) is 3.37. The fourth-order valence-electron chi connectivity index (χ4n) is 1.12. The molecule has 3 N–H and O–H groups in total. The first-order valence-corrected chi connectivity index (χ1v) is 6.51. The summed E-state index contributed by atoms with van der Waals surface area (Å²) in [6.07, 6.45) is 0. The lowest BCUT2D eigenvalue weighted by atomic mass is 10.4. The van der Waals surface area contributed by atoms with E-state index in [1.165, 1.54) is 0 Å². The summed E-state index contributed by atoms with van der Waals surface area (Å²) in [4.78, 5) is 10.3. The molecule has 100 valence electrons. The van der Waals surface area contributed by atoms with Gasteiger partial charge in [0.1, 0.15) is 12.4 Å². The van der Waals surface area contributed by atoms with Gasteiger partial charge in [0.15, 0.2) is 0 Å². The van der Waals surface area contributed by atoms with Crippen LogP contribution in [0.25, 0.3) is 0 Å². The van der Waals surface area contributed by atoms with Gasteiger partial charge in [-0.05, 0) is 24.3 Å². The van der Waals surface area contributed by atoms with Crippen LogP contribution < -0.4 is 10.5 Å². The Morgan fingerprint density at radius 2 is 1.94 bits per heavy atom. The molecule has 0 saturated heterocycles. The number of nitrogens with one attached hydrogen (secondary N) is 1. The van der Waals surface area contributed by atoms with E-state index in [2.05, 4.69) is 4.72 Å². The van der Waals surface area contributed by atoms with E-state index in [4.69, 9.17) is 10.5 Å². The number of primary amides is 1. The Kier molecular flexibility index (Phi) is 5.20. The predicted octanol–water partition coefficient (Wildman–Crippen LogP) is -0.394. The lowest BCUT2D eigenvalue weighted by Crippen LogP contribution is -2.29. The summed E-state index contributed by atoms with van der Waals surface area (Å²) in [5, 5.41) is 0. The largest absolute Gasteiger partial charge is 0.370 e. The Balaban J connectivity index is 2.45. The van der Waals surface area contributed by atoms with E-state index in [1.54, 1.807) is 0 Å². The molecule has 0 aliphatic carbocycles. The molecule has 0 radical (unpaired) electrons.